The van der Waals surface area contributed by atoms with Gasteiger partial charge in [-0.25, -0.2) is 9.97 Å². The van der Waals surface area contributed by atoms with E-state index in [1.54, 1.807) is 30.3 Å². The second-order valence-corrected chi connectivity index (χ2v) is 5.73. The van der Waals surface area contributed by atoms with Crippen LogP contribution in [0.5, 0.6) is 0 Å². The lowest BCUT2D eigenvalue weighted by molar-refractivity contribution is -0.141. The fourth-order valence-corrected chi connectivity index (χ4v) is 2.43. The predicted molar refractivity (Wildman–Crippen MR) is 96.5 cm³/mol. The number of nitrogens with zero attached hydrogens (tertiary/aromatic N) is 2. The monoisotopic (exact) mass is 372 g/mol. The summed E-state index contributed by atoms with van der Waals surface area (Å²) in [5.74, 6) is -0.294. The van der Waals surface area contributed by atoms with Crippen LogP contribution in [0.4, 0.5) is 30.5 Å². The number of rotatable bonds is 4. The first-order chi connectivity index (χ1) is 12.8. The van der Waals surface area contributed by atoms with Crippen molar-refractivity contribution in [2.75, 3.05) is 10.6 Å². The molecule has 0 unspecified atom stereocenters. The number of halogens is 3. The van der Waals surface area contributed by atoms with Gasteiger partial charge >= 0.3 is 6.18 Å². The zero-order chi connectivity index (χ0) is 19.4. The van der Waals surface area contributed by atoms with Crippen LogP contribution in [-0.2, 0) is 11.0 Å². The zero-order valence-electron chi connectivity index (χ0n) is 14.2. The lowest BCUT2D eigenvalue weighted by Gasteiger charge is -2.10. The molecule has 0 spiro atoms. The number of carbonyl (C=O) groups is 1. The molecule has 3 rings (SSSR count). The third-order valence-electron chi connectivity index (χ3n) is 3.60. The van der Waals surface area contributed by atoms with Gasteiger partial charge in [0.05, 0.1) is 0 Å². The Kier molecular flexibility index (Phi) is 5.07. The van der Waals surface area contributed by atoms with E-state index in [9.17, 15) is 18.0 Å². The maximum atomic E-state index is 12.8. The normalized spacial score (nSPS) is 11.1. The minimum Gasteiger partial charge on any atom is -0.326 e. The van der Waals surface area contributed by atoms with Crippen LogP contribution in [0.2, 0.25) is 0 Å². The van der Waals surface area contributed by atoms with Gasteiger partial charge in [-0.3, -0.25) is 4.79 Å². The molecule has 1 aromatic heterocycles. The largest absolute Gasteiger partial charge is 0.433 e. The van der Waals surface area contributed by atoms with E-state index in [0.717, 1.165) is 23.4 Å². The van der Waals surface area contributed by atoms with Crippen LogP contribution in [0.15, 0.2) is 60.8 Å². The summed E-state index contributed by atoms with van der Waals surface area (Å²) in [4.78, 5) is 18.4. The second kappa shape index (κ2) is 7.45. The molecule has 5 nitrogen and oxygen atoms in total. The smallest absolute Gasteiger partial charge is 0.326 e. The van der Waals surface area contributed by atoms with Gasteiger partial charge in [0.1, 0.15) is 5.69 Å². The van der Waals surface area contributed by atoms with Crippen molar-refractivity contribution in [1.82, 2.24) is 9.97 Å². The highest BCUT2D eigenvalue weighted by molar-refractivity contribution is 5.89. The minimum absolute atomic E-state index is 0.136. The molecule has 0 aliphatic rings. The first kappa shape index (κ1) is 18.4. The molecule has 27 heavy (non-hydrogen) atoms. The maximum Gasteiger partial charge on any atom is 0.433 e. The third-order valence-corrected chi connectivity index (χ3v) is 3.60. The van der Waals surface area contributed by atoms with E-state index in [1.165, 1.54) is 6.92 Å². The topological polar surface area (TPSA) is 66.9 Å². The summed E-state index contributed by atoms with van der Waals surface area (Å²) in [7, 11) is 0. The zero-order valence-corrected chi connectivity index (χ0v) is 14.2. The molecule has 0 fully saturated rings. The first-order valence-corrected chi connectivity index (χ1v) is 7.96. The molecule has 0 aliphatic heterocycles. The van der Waals surface area contributed by atoms with Gasteiger partial charge in [-0.1, -0.05) is 24.3 Å². The number of alkyl halides is 3. The fraction of sp³-hybridized carbons (Fsp3) is 0.105. The molecule has 0 radical (unpaired) electrons. The molecule has 2 N–H and O–H groups in total. The van der Waals surface area contributed by atoms with Crippen LogP contribution in [0.3, 0.4) is 0 Å². The summed E-state index contributed by atoms with van der Waals surface area (Å²) in [5, 5.41) is 5.47. The minimum atomic E-state index is -4.53. The number of anilines is 3. The Hall–Kier alpha value is -3.42. The van der Waals surface area contributed by atoms with Crippen LogP contribution < -0.4 is 10.6 Å². The quantitative estimate of drug-likeness (QED) is 0.686. The Morgan fingerprint density at radius 1 is 0.963 bits per heavy atom. The van der Waals surface area contributed by atoms with E-state index >= 15 is 0 Å². The van der Waals surface area contributed by atoms with Crippen LogP contribution in [-0.4, -0.2) is 15.9 Å². The summed E-state index contributed by atoms with van der Waals surface area (Å²) in [6.45, 7) is 1.43. The van der Waals surface area contributed by atoms with Crippen LogP contribution in [0.25, 0.3) is 11.1 Å². The van der Waals surface area contributed by atoms with E-state index in [1.807, 2.05) is 18.2 Å². The predicted octanol–water partition coefficient (Wildman–Crippen LogP) is 4.86. The lowest BCUT2D eigenvalue weighted by atomic mass is 10.0. The fourth-order valence-electron chi connectivity index (χ4n) is 2.43. The Morgan fingerprint density at radius 2 is 1.70 bits per heavy atom. The average molecular weight is 372 g/mol. The van der Waals surface area contributed by atoms with E-state index in [4.69, 9.17) is 0 Å². The third kappa shape index (κ3) is 4.81. The highest BCUT2D eigenvalue weighted by atomic mass is 19.4. The SMILES string of the molecule is CC(=O)Nc1ccc(-c2cccc(Nc3nccc(C(F)(F)F)n3)c2)cc1. The van der Waals surface area contributed by atoms with Gasteiger partial charge in [-0.2, -0.15) is 13.2 Å². The summed E-state index contributed by atoms with van der Waals surface area (Å²) in [6, 6.07) is 15.2. The average Bonchev–Trinajstić information content (AvgIpc) is 2.62. The highest BCUT2D eigenvalue weighted by Gasteiger charge is 2.32. The number of hydrogen-bond acceptors (Lipinski definition) is 4. The Balaban J connectivity index is 1.81. The van der Waals surface area contributed by atoms with Crippen molar-refractivity contribution in [2.24, 2.45) is 0 Å². The summed E-state index contributed by atoms with van der Waals surface area (Å²) in [6.07, 6.45) is -3.47. The lowest BCUT2D eigenvalue weighted by Crippen LogP contribution is -2.10. The van der Waals surface area contributed by atoms with Crippen molar-refractivity contribution in [3.8, 4) is 11.1 Å². The molecule has 0 saturated carbocycles. The molecule has 0 atom stereocenters. The van der Waals surface area contributed by atoms with E-state index < -0.39 is 11.9 Å². The summed E-state index contributed by atoms with van der Waals surface area (Å²) >= 11 is 0. The van der Waals surface area contributed by atoms with Gasteiger partial charge in [0.15, 0.2) is 0 Å². The molecule has 0 bridgehead atoms. The van der Waals surface area contributed by atoms with Gasteiger partial charge < -0.3 is 10.6 Å². The Bertz CT molecular complexity index is 956. The number of hydrogen-bond donors (Lipinski definition) is 2. The first-order valence-electron chi connectivity index (χ1n) is 7.96. The van der Waals surface area contributed by atoms with Crippen LogP contribution >= 0.6 is 0 Å². The highest BCUT2D eigenvalue weighted by Crippen LogP contribution is 2.29. The Labute approximate surface area is 153 Å². The molecule has 1 heterocycles. The molecule has 138 valence electrons. The summed E-state index contributed by atoms with van der Waals surface area (Å²) in [5.41, 5.74) is 1.96. The Morgan fingerprint density at radius 3 is 2.37 bits per heavy atom. The van der Waals surface area contributed by atoms with Gasteiger partial charge in [-0.15, -0.1) is 0 Å². The number of amides is 1. The van der Waals surface area contributed by atoms with Crippen LogP contribution in [0.1, 0.15) is 12.6 Å². The molecule has 0 aliphatic carbocycles. The number of benzene rings is 2. The molecule has 1 amide bonds. The number of aromatic nitrogens is 2. The van der Waals surface area contributed by atoms with E-state index in [0.29, 0.717) is 11.4 Å². The van der Waals surface area contributed by atoms with Crippen molar-refractivity contribution in [3.63, 3.8) is 0 Å². The van der Waals surface area contributed by atoms with Crippen molar-refractivity contribution < 1.29 is 18.0 Å². The van der Waals surface area contributed by atoms with Gasteiger partial charge in [0.2, 0.25) is 11.9 Å². The number of carbonyl (C=O) groups excluding carboxylic acids is 1. The second-order valence-electron chi connectivity index (χ2n) is 5.73. The van der Waals surface area contributed by atoms with Crippen LogP contribution in [0, 0.1) is 0 Å². The van der Waals surface area contributed by atoms with Crippen molar-refractivity contribution >= 4 is 23.2 Å². The molecular formula is C19H15F3N4O. The van der Waals surface area contributed by atoms with Crippen molar-refractivity contribution in [3.05, 3.63) is 66.5 Å². The summed E-state index contributed by atoms with van der Waals surface area (Å²) < 4.78 is 38.3. The van der Waals surface area contributed by atoms with E-state index in [2.05, 4.69) is 20.6 Å². The van der Waals surface area contributed by atoms with Gasteiger partial charge in [0.25, 0.3) is 0 Å². The van der Waals surface area contributed by atoms with Crippen molar-refractivity contribution in [1.29, 1.82) is 0 Å². The van der Waals surface area contributed by atoms with Gasteiger partial charge in [0, 0.05) is 24.5 Å². The van der Waals surface area contributed by atoms with E-state index in [-0.39, 0.29) is 11.9 Å². The standard InChI is InChI=1S/C19H15F3N4O/c1-12(27)24-15-7-5-13(6-8-15)14-3-2-4-16(11-14)25-18-23-10-9-17(26-18)19(20,21)22/h2-11H,1H3,(H,24,27)(H,23,25,26). The maximum absolute atomic E-state index is 12.8. The molecule has 8 heteroatoms. The molecular weight excluding hydrogens is 357 g/mol. The molecule has 0 saturated heterocycles. The molecule has 2 aromatic carbocycles. The van der Waals surface area contributed by atoms with Crippen molar-refractivity contribution in [2.45, 2.75) is 13.1 Å². The van der Waals surface area contributed by atoms with Gasteiger partial charge in [-0.05, 0) is 41.5 Å². The number of nitrogens with one attached hydrogen (secondary N) is 2. The molecule has 3 aromatic rings.